The summed E-state index contributed by atoms with van der Waals surface area (Å²) in [5.74, 6) is 1.51. The molecule has 1 atom stereocenters. The van der Waals surface area contributed by atoms with E-state index in [1.54, 1.807) is 16.7 Å². The summed E-state index contributed by atoms with van der Waals surface area (Å²) in [6.45, 7) is 3.05. The van der Waals surface area contributed by atoms with Gasteiger partial charge in [-0.15, -0.1) is 0 Å². The fourth-order valence-corrected chi connectivity index (χ4v) is 4.66. The molecular formula is C29H34N2O2S. The van der Waals surface area contributed by atoms with Gasteiger partial charge in [-0.2, -0.15) is 11.8 Å². The summed E-state index contributed by atoms with van der Waals surface area (Å²) < 4.78 is 0. The first-order valence-electron chi connectivity index (χ1n) is 11.9. The van der Waals surface area contributed by atoms with E-state index < -0.39 is 6.04 Å². The molecule has 0 fully saturated rings. The van der Waals surface area contributed by atoms with Gasteiger partial charge in [0.2, 0.25) is 11.8 Å². The minimum absolute atomic E-state index is 0.0111. The Hall–Kier alpha value is -3.05. The van der Waals surface area contributed by atoms with Gasteiger partial charge in [-0.25, -0.2) is 0 Å². The number of hydrogen-bond donors (Lipinski definition) is 1. The molecule has 178 valence electrons. The number of nitrogens with one attached hydrogen (secondary N) is 1. The smallest absolute Gasteiger partial charge is 0.243 e. The van der Waals surface area contributed by atoms with Crippen LogP contribution in [-0.4, -0.2) is 35.1 Å². The average molecular weight is 475 g/mol. The molecular weight excluding hydrogens is 440 g/mol. The summed E-state index contributed by atoms with van der Waals surface area (Å²) >= 11 is 1.75. The highest BCUT2D eigenvalue weighted by molar-refractivity contribution is 7.98. The molecule has 3 aromatic rings. The van der Waals surface area contributed by atoms with Crippen LogP contribution < -0.4 is 5.32 Å². The summed E-state index contributed by atoms with van der Waals surface area (Å²) in [4.78, 5) is 28.5. The number of rotatable bonds is 13. The van der Waals surface area contributed by atoms with Gasteiger partial charge < -0.3 is 10.2 Å². The fraction of sp³-hybridized carbons (Fsp3) is 0.310. The second kappa shape index (κ2) is 14.3. The van der Waals surface area contributed by atoms with Gasteiger partial charge in [-0.3, -0.25) is 9.59 Å². The van der Waals surface area contributed by atoms with E-state index in [9.17, 15) is 9.59 Å². The molecule has 3 aromatic carbocycles. The molecule has 0 heterocycles. The quantitative estimate of drug-likeness (QED) is 0.334. The number of carbonyl (C=O) groups excluding carboxylic acids is 2. The van der Waals surface area contributed by atoms with E-state index in [1.807, 2.05) is 85.8 Å². The molecule has 0 bridgehead atoms. The van der Waals surface area contributed by atoms with Crippen molar-refractivity contribution in [3.8, 4) is 0 Å². The van der Waals surface area contributed by atoms with E-state index in [-0.39, 0.29) is 11.8 Å². The Kier molecular flexibility index (Phi) is 10.7. The van der Waals surface area contributed by atoms with E-state index in [0.29, 0.717) is 31.7 Å². The summed E-state index contributed by atoms with van der Waals surface area (Å²) in [5, 5.41) is 3.02. The van der Waals surface area contributed by atoms with Crippen LogP contribution >= 0.6 is 11.8 Å². The van der Waals surface area contributed by atoms with Gasteiger partial charge in [-0.05, 0) is 23.1 Å². The van der Waals surface area contributed by atoms with Crippen LogP contribution in [-0.2, 0) is 28.3 Å². The zero-order valence-electron chi connectivity index (χ0n) is 19.9. The van der Waals surface area contributed by atoms with Crippen LogP contribution in [0.15, 0.2) is 91.0 Å². The minimum Gasteiger partial charge on any atom is -0.354 e. The molecule has 5 heteroatoms. The molecule has 0 spiro atoms. The molecule has 1 N–H and O–H groups in total. The second-order valence-corrected chi connectivity index (χ2v) is 9.40. The Morgan fingerprint density at radius 1 is 0.824 bits per heavy atom. The van der Waals surface area contributed by atoms with Crippen LogP contribution in [0.2, 0.25) is 0 Å². The summed E-state index contributed by atoms with van der Waals surface area (Å²) in [5.41, 5.74) is 3.32. The number of amides is 2. The molecule has 2 amide bonds. The molecule has 34 heavy (non-hydrogen) atoms. The molecule has 0 aromatic heterocycles. The van der Waals surface area contributed by atoms with Gasteiger partial charge in [0.1, 0.15) is 6.04 Å². The molecule has 0 aliphatic carbocycles. The first-order valence-corrected chi connectivity index (χ1v) is 13.1. The normalized spacial score (nSPS) is 11.6. The Morgan fingerprint density at radius 3 is 1.97 bits per heavy atom. The van der Waals surface area contributed by atoms with Gasteiger partial charge >= 0.3 is 0 Å². The van der Waals surface area contributed by atoms with Crippen LogP contribution in [0.1, 0.15) is 36.5 Å². The van der Waals surface area contributed by atoms with Gasteiger partial charge in [0.15, 0.2) is 0 Å². The van der Waals surface area contributed by atoms with Crippen LogP contribution in [0.3, 0.4) is 0 Å². The maximum atomic E-state index is 13.5. The van der Waals surface area contributed by atoms with Crippen LogP contribution in [0.5, 0.6) is 0 Å². The van der Waals surface area contributed by atoms with Crippen molar-refractivity contribution in [2.24, 2.45) is 0 Å². The highest BCUT2D eigenvalue weighted by Gasteiger charge is 2.29. The Balaban J connectivity index is 1.75. The third kappa shape index (κ3) is 8.38. The van der Waals surface area contributed by atoms with Crippen molar-refractivity contribution in [3.05, 3.63) is 108 Å². The lowest BCUT2D eigenvalue weighted by Gasteiger charge is -2.31. The highest BCUT2D eigenvalue weighted by Crippen LogP contribution is 2.18. The van der Waals surface area contributed by atoms with E-state index in [2.05, 4.69) is 17.4 Å². The lowest BCUT2D eigenvalue weighted by molar-refractivity contribution is -0.141. The van der Waals surface area contributed by atoms with Crippen molar-refractivity contribution in [1.29, 1.82) is 0 Å². The fourth-order valence-electron chi connectivity index (χ4n) is 3.77. The Labute approximate surface area is 207 Å². The molecule has 0 aliphatic heterocycles. The molecule has 0 saturated carbocycles. The first-order chi connectivity index (χ1) is 16.7. The Morgan fingerprint density at radius 2 is 1.38 bits per heavy atom. The average Bonchev–Trinajstić information content (AvgIpc) is 2.89. The topological polar surface area (TPSA) is 49.4 Å². The number of benzene rings is 3. The highest BCUT2D eigenvalue weighted by atomic mass is 32.2. The van der Waals surface area contributed by atoms with Gasteiger partial charge in [0, 0.05) is 37.4 Å². The predicted molar refractivity (Wildman–Crippen MR) is 141 cm³/mol. The molecule has 4 nitrogen and oxygen atoms in total. The standard InChI is InChI=1S/C29H34N2O2S/c1-2-19-30-29(33)27(21-24-12-6-3-7-13-24)31(22-25-14-8-4-9-15-25)28(32)18-20-34-23-26-16-10-5-11-17-26/h3-17,27H,2,18-23H2,1H3,(H,30,33)/t27-/m0/s1. The lowest BCUT2D eigenvalue weighted by atomic mass is 10.0. The van der Waals surface area contributed by atoms with Crippen LogP contribution in [0, 0.1) is 0 Å². The third-order valence-corrected chi connectivity index (χ3v) is 6.62. The van der Waals surface area contributed by atoms with E-state index in [4.69, 9.17) is 0 Å². The zero-order chi connectivity index (χ0) is 24.0. The third-order valence-electron chi connectivity index (χ3n) is 5.59. The molecule has 0 unspecified atom stereocenters. The van der Waals surface area contributed by atoms with E-state index in [0.717, 1.165) is 23.3 Å². The SMILES string of the molecule is CCCNC(=O)[C@H](Cc1ccccc1)N(Cc1ccccc1)C(=O)CCSCc1ccccc1. The number of nitrogens with zero attached hydrogens (tertiary/aromatic N) is 1. The number of thioether (sulfide) groups is 1. The van der Waals surface area contributed by atoms with Crippen molar-refractivity contribution >= 4 is 23.6 Å². The largest absolute Gasteiger partial charge is 0.354 e. The Bertz CT molecular complexity index is 996. The van der Waals surface area contributed by atoms with Gasteiger partial charge in [-0.1, -0.05) is 97.9 Å². The van der Waals surface area contributed by atoms with Crippen molar-refractivity contribution in [1.82, 2.24) is 10.2 Å². The molecule has 0 radical (unpaired) electrons. The first kappa shape index (κ1) is 25.6. The van der Waals surface area contributed by atoms with Crippen molar-refractivity contribution in [2.75, 3.05) is 12.3 Å². The summed E-state index contributed by atoms with van der Waals surface area (Å²) in [6, 6.07) is 29.6. The maximum absolute atomic E-state index is 13.5. The number of hydrogen-bond acceptors (Lipinski definition) is 3. The molecule has 3 rings (SSSR count). The van der Waals surface area contributed by atoms with Crippen molar-refractivity contribution < 1.29 is 9.59 Å². The zero-order valence-corrected chi connectivity index (χ0v) is 20.7. The van der Waals surface area contributed by atoms with Crippen molar-refractivity contribution in [3.63, 3.8) is 0 Å². The number of carbonyl (C=O) groups is 2. The lowest BCUT2D eigenvalue weighted by Crippen LogP contribution is -2.50. The monoisotopic (exact) mass is 474 g/mol. The summed E-state index contributed by atoms with van der Waals surface area (Å²) in [7, 11) is 0. The van der Waals surface area contributed by atoms with E-state index >= 15 is 0 Å². The molecule has 0 aliphatic rings. The molecule has 0 saturated heterocycles. The van der Waals surface area contributed by atoms with Crippen molar-refractivity contribution in [2.45, 2.75) is 44.5 Å². The maximum Gasteiger partial charge on any atom is 0.243 e. The predicted octanol–water partition coefficient (Wildman–Crippen LogP) is 5.48. The summed E-state index contributed by atoms with van der Waals surface area (Å²) in [6.07, 6.45) is 1.75. The second-order valence-electron chi connectivity index (χ2n) is 8.29. The van der Waals surface area contributed by atoms with Crippen LogP contribution in [0.25, 0.3) is 0 Å². The van der Waals surface area contributed by atoms with Gasteiger partial charge in [0.05, 0.1) is 0 Å². The van der Waals surface area contributed by atoms with Crippen LogP contribution in [0.4, 0.5) is 0 Å². The van der Waals surface area contributed by atoms with Gasteiger partial charge in [0.25, 0.3) is 0 Å². The van der Waals surface area contributed by atoms with E-state index in [1.165, 1.54) is 5.56 Å². The minimum atomic E-state index is -0.555.